The third-order valence-corrected chi connectivity index (χ3v) is 4.74. The van der Waals surface area contributed by atoms with Crippen molar-refractivity contribution >= 4 is 22.8 Å². The number of benzene rings is 3. The number of anilines is 1. The summed E-state index contributed by atoms with van der Waals surface area (Å²) < 4.78 is 16.3. The second-order valence-electron chi connectivity index (χ2n) is 6.55. The monoisotopic (exact) mass is 401 g/mol. The number of hydrogen-bond donors (Lipinski definition) is 1. The number of fused-ring (bicyclic) bond motifs is 1. The zero-order valence-electron chi connectivity index (χ0n) is 16.5. The Bertz CT molecular complexity index is 1280. The molecule has 6 nitrogen and oxygen atoms in total. The molecule has 30 heavy (non-hydrogen) atoms. The lowest BCUT2D eigenvalue weighted by atomic mass is 10.0. The predicted octanol–water partition coefficient (Wildman–Crippen LogP) is 4.73. The molecular weight excluding hydrogens is 382 g/mol. The van der Waals surface area contributed by atoms with Crippen LogP contribution in [0.2, 0.25) is 0 Å². The molecule has 0 aliphatic carbocycles. The van der Waals surface area contributed by atoms with Crippen molar-refractivity contribution in [3.8, 4) is 22.6 Å². The van der Waals surface area contributed by atoms with E-state index < -0.39 is 5.91 Å². The maximum Gasteiger partial charge on any atom is 0.258 e. The first kappa shape index (κ1) is 19.3. The van der Waals surface area contributed by atoms with Crippen LogP contribution in [-0.4, -0.2) is 20.1 Å². The standard InChI is InChI=1S/C24H19NO5/c1-28-17-12-10-15(11-13-17)21-22(26)19-8-3-4-9-20(19)30-24(21)25-23(27)16-6-5-7-18(14-16)29-2/h3-14H,1-2H3,(H,25,27). The highest BCUT2D eigenvalue weighted by Gasteiger charge is 2.19. The highest BCUT2D eigenvalue weighted by Crippen LogP contribution is 2.30. The molecule has 4 rings (SSSR count). The topological polar surface area (TPSA) is 77.8 Å². The number of hydrogen-bond acceptors (Lipinski definition) is 5. The fourth-order valence-electron chi connectivity index (χ4n) is 3.19. The molecule has 150 valence electrons. The van der Waals surface area contributed by atoms with Crippen LogP contribution in [0.15, 0.2) is 82.0 Å². The lowest BCUT2D eigenvalue weighted by molar-refractivity contribution is 0.102. The Balaban J connectivity index is 1.84. The number of rotatable bonds is 5. The zero-order valence-corrected chi connectivity index (χ0v) is 16.5. The molecule has 0 saturated carbocycles. The van der Waals surface area contributed by atoms with E-state index in [1.807, 2.05) is 0 Å². The van der Waals surface area contributed by atoms with Crippen LogP contribution >= 0.6 is 0 Å². The quantitative estimate of drug-likeness (QED) is 0.523. The summed E-state index contributed by atoms with van der Waals surface area (Å²) >= 11 is 0. The molecule has 1 amide bonds. The number of carbonyl (C=O) groups excluding carboxylic acids is 1. The van der Waals surface area contributed by atoms with Crippen molar-refractivity contribution in [3.63, 3.8) is 0 Å². The second kappa shape index (κ2) is 8.13. The zero-order chi connectivity index (χ0) is 21.1. The van der Waals surface area contributed by atoms with Gasteiger partial charge in [0.15, 0.2) is 0 Å². The normalized spacial score (nSPS) is 10.6. The van der Waals surface area contributed by atoms with Crippen molar-refractivity contribution in [3.05, 3.63) is 88.6 Å². The molecule has 0 spiro atoms. The molecule has 0 atom stereocenters. The van der Waals surface area contributed by atoms with Crippen LogP contribution in [0, 0.1) is 0 Å². The molecule has 0 bridgehead atoms. The average molecular weight is 401 g/mol. The summed E-state index contributed by atoms with van der Waals surface area (Å²) in [7, 11) is 3.10. The van der Waals surface area contributed by atoms with Crippen molar-refractivity contribution in [2.24, 2.45) is 0 Å². The molecule has 0 saturated heterocycles. The number of methoxy groups -OCH3 is 2. The maximum absolute atomic E-state index is 13.3. The third kappa shape index (κ3) is 3.63. The number of nitrogens with one attached hydrogen (secondary N) is 1. The van der Waals surface area contributed by atoms with E-state index in [0.29, 0.717) is 33.6 Å². The van der Waals surface area contributed by atoms with E-state index in [1.54, 1.807) is 79.9 Å². The molecular formula is C24H19NO5. The fourth-order valence-corrected chi connectivity index (χ4v) is 3.19. The highest BCUT2D eigenvalue weighted by molar-refractivity contribution is 6.06. The van der Waals surface area contributed by atoms with Gasteiger partial charge >= 0.3 is 0 Å². The Morgan fingerprint density at radius 1 is 0.867 bits per heavy atom. The molecule has 1 heterocycles. The first-order chi connectivity index (χ1) is 14.6. The Morgan fingerprint density at radius 2 is 1.60 bits per heavy atom. The number of amides is 1. The van der Waals surface area contributed by atoms with Gasteiger partial charge < -0.3 is 13.9 Å². The molecule has 6 heteroatoms. The van der Waals surface area contributed by atoms with Crippen molar-refractivity contribution in [1.82, 2.24) is 0 Å². The van der Waals surface area contributed by atoms with Gasteiger partial charge in [-0.2, -0.15) is 0 Å². The van der Waals surface area contributed by atoms with Crippen LogP contribution in [-0.2, 0) is 0 Å². The van der Waals surface area contributed by atoms with Gasteiger partial charge in [-0.25, -0.2) is 0 Å². The van der Waals surface area contributed by atoms with Gasteiger partial charge in [0.05, 0.1) is 25.2 Å². The number of carbonyl (C=O) groups is 1. The molecule has 4 aromatic rings. The molecule has 1 N–H and O–H groups in total. The summed E-state index contributed by atoms with van der Waals surface area (Å²) in [4.78, 5) is 26.1. The van der Waals surface area contributed by atoms with Crippen molar-refractivity contribution in [2.75, 3.05) is 19.5 Å². The Morgan fingerprint density at radius 3 is 2.33 bits per heavy atom. The Kier molecular flexibility index (Phi) is 5.22. The number of para-hydroxylation sites is 1. The molecule has 0 aliphatic heterocycles. The summed E-state index contributed by atoms with van der Waals surface area (Å²) in [5, 5.41) is 3.18. The van der Waals surface area contributed by atoms with Gasteiger partial charge in [-0.3, -0.25) is 14.9 Å². The van der Waals surface area contributed by atoms with Crippen LogP contribution < -0.4 is 20.2 Å². The SMILES string of the molecule is COc1ccc(-c2c(NC(=O)c3cccc(OC)c3)oc3ccccc3c2=O)cc1. The van der Waals surface area contributed by atoms with Crippen LogP contribution in [0.25, 0.3) is 22.1 Å². The van der Waals surface area contributed by atoms with Gasteiger partial charge in [0, 0.05) is 5.56 Å². The summed E-state index contributed by atoms with van der Waals surface area (Å²) in [6.07, 6.45) is 0. The Hall–Kier alpha value is -4.06. The van der Waals surface area contributed by atoms with E-state index in [-0.39, 0.29) is 16.9 Å². The van der Waals surface area contributed by atoms with Crippen LogP contribution in [0.5, 0.6) is 11.5 Å². The van der Waals surface area contributed by atoms with Crippen molar-refractivity contribution in [2.45, 2.75) is 0 Å². The maximum atomic E-state index is 13.3. The molecule has 0 radical (unpaired) electrons. The minimum absolute atomic E-state index is 0.0803. The van der Waals surface area contributed by atoms with E-state index in [9.17, 15) is 9.59 Å². The molecule has 1 aromatic heterocycles. The summed E-state index contributed by atoms with van der Waals surface area (Å²) in [6.45, 7) is 0. The van der Waals surface area contributed by atoms with Gasteiger partial charge in [0.1, 0.15) is 17.1 Å². The highest BCUT2D eigenvalue weighted by atomic mass is 16.5. The predicted molar refractivity (Wildman–Crippen MR) is 115 cm³/mol. The van der Waals surface area contributed by atoms with E-state index in [2.05, 4.69) is 5.32 Å². The van der Waals surface area contributed by atoms with Crippen molar-refractivity contribution < 1.29 is 18.7 Å². The first-order valence-electron chi connectivity index (χ1n) is 9.26. The lowest BCUT2D eigenvalue weighted by Gasteiger charge is -2.12. The molecule has 0 unspecified atom stereocenters. The smallest absolute Gasteiger partial charge is 0.258 e. The van der Waals surface area contributed by atoms with Crippen LogP contribution in [0.3, 0.4) is 0 Å². The van der Waals surface area contributed by atoms with Gasteiger partial charge in [0.25, 0.3) is 5.91 Å². The van der Waals surface area contributed by atoms with E-state index in [0.717, 1.165) is 0 Å². The number of ether oxygens (including phenoxy) is 2. The summed E-state index contributed by atoms with van der Waals surface area (Å²) in [5.74, 6) is 0.877. The van der Waals surface area contributed by atoms with Crippen molar-refractivity contribution in [1.29, 1.82) is 0 Å². The lowest BCUT2D eigenvalue weighted by Crippen LogP contribution is -2.16. The van der Waals surface area contributed by atoms with Gasteiger partial charge in [0.2, 0.25) is 11.3 Å². The third-order valence-electron chi connectivity index (χ3n) is 4.74. The Labute approximate surface area is 172 Å². The minimum atomic E-state index is -0.415. The van der Waals surface area contributed by atoms with Gasteiger partial charge in [-0.1, -0.05) is 30.3 Å². The molecule has 3 aromatic carbocycles. The van der Waals surface area contributed by atoms with Gasteiger partial charge in [-0.15, -0.1) is 0 Å². The summed E-state index contributed by atoms with van der Waals surface area (Å²) in [6, 6.07) is 20.7. The fraction of sp³-hybridized carbons (Fsp3) is 0.0833. The minimum Gasteiger partial charge on any atom is -0.497 e. The largest absolute Gasteiger partial charge is 0.497 e. The van der Waals surface area contributed by atoms with Crippen LogP contribution in [0.1, 0.15) is 10.4 Å². The summed E-state index contributed by atoms with van der Waals surface area (Å²) in [5.41, 5.74) is 1.42. The van der Waals surface area contributed by atoms with E-state index >= 15 is 0 Å². The van der Waals surface area contributed by atoms with Crippen LogP contribution in [0.4, 0.5) is 5.88 Å². The van der Waals surface area contributed by atoms with E-state index in [4.69, 9.17) is 13.9 Å². The average Bonchev–Trinajstić information content (AvgIpc) is 2.79. The van der Waals surface area contributed by atoms with E-state index in [1.165, 1.54) is 7.11 Å². The van der Waals surface area contributed by atoms with Gasteiger partial charge in [-0.05, 0) is 48.0 Å². The molecule has 0 fully saturated rings. The first-order valence-corrected chi connectivity index (χ1v) is 9.26. The molecule has 0 aliphatic rings. The second-order valence-corrected chi connectivity index (χ2v) is 6.55.